The van der Waals surface area contributed by atoms with E-state index in [-0.39, 0.29) is 5.41 Å². The predicted octanol–water partition coefficient (Wildman–Crippen LogP) is 3.32. The van der Waals surface area contributed by atoms with Crippen molar-refractivity contribution in [3.8, 4) is 11.8 Å². The first kappa shape index (κ1) is 9.58. The predicted molar refractivity (Wildman–Crippen MR) is 49.5 cm³/mol. The Bertz CT molecular complexity index is 195. The Hall–Kier alpha value is -0.510. The van der Waals surface area contributed by atoms with Gasteiger partial charge in [0, 0.05) is 6.42 Å². The van der Waals surface area contributed by atoms with Crippen LogP contribution in [0.1, 0.15) is 46.0 Å². The molecule has 1 unspecified atom stereocenters. The highest BCUT2D eigenvalue weighted by molar-refractivity contribution is 5.06. The molecule has 0 radical (unpaired) electrons. The molecule has 0 saturated carbocycles. The Kier molecular flexibility index (Phi) is 3.14. The summed E-state index contributed by atoms with van der Waals surface area (Å²) in [4.78, 5) is 0. The minimum Gasteiger partial charge on any atom is -0.233 e. The molecule has 0 nitrogen and oxygen atoms in total. The van der Waals surface area contributed by atoms with Crippen molar-refractivity contribution < 1.29 is 4.39 Å². The van der Waals surface area contributed by atoms with E-state index in [2.05, 4.69) is 25.7 Å². The zero-order valence-corrected chi connectivity index (χ0v) is 7.99. The van der Waals surface area contributed by atoms with Crippen LogP contribution in [0.3, 0.4) is 0 Å². The third kappa shape index (κ3) is 3.26. The average Bonchev–Trinajstić information content (AvgIpc) is 1.99. The van der Waals surface area contributed by atoms with Crippen LogP contribution in [0.4, 0.5) is 4.39 Å². The second-order valence-corrected chi connectivity index (χ2v) is 4.36. The van der Waals surface area contributed by atoms with E-state index in [0.29, 0.717) is 6.42 Å². The molecule has 0 heterocycles. The van der Waals surface area contributed by atoms with Gasteiger partial charge in [0.1, 0.15) is 0 Å². The van der Waals surface area contributed by atoms with Crippen molar-refractivity contribution in [2.24, 2.45) is 5.41 Å². The molecule has 1 atom stereocenters. The van der Waals surface area contributed by atoms with E-state index >= 15 is 0 Å². The van der Waals surface area contributed by atoms with Gasteiger partial charge in [-0.1, -0.05) is 26.2 Å². The second kappa shape index (κ2) is 3.94. The Labute approximate surface area is 74.5 Å². The van der Waals surface area contributed by atoms with Gasteiger partial charge in [0.15, 0.2) is 6.17 Å². The highest BCUT2D eigenvalue weighted by atomic mass is 19.1. The molecule has 1 heteroatoms. The monoisotopic (exact) mass is 168 g/mol. The quantitative estimate of drug-likeness (QED) is 0.487. The number of halogens is 1. The third-order valence-electron chi connectivity index (χ3n) is 2.40. The highest BCUT2D eigenvalue weighted by Gasteiger charge is 2.22. The maximum absolute atomic E-state index is 13.1. The van der Waals surface area contributed by atoms with Gasteiger partial charge in [-0.3, -0.25) is 0 Å². The minimum absolute atomic E-state index is 0.137. The summed E-state index contributed by atoms with van der Waals surface area (Å²) in [7, 11) is 0. The molecule has 12 heavy (non-hydrogen) atoms. The van der Waals surface area contributed by atoms with Crippen LogP contribution in [0.5, 0.6) is 0 Å². The molecule has 0 aliphatic heterocycles. The smallest absolute Gasteiger partial charge is 0.161 e. The Morgan fingerprint density at radius 3 is 2.83 bits per heavy atom. The lowest BCUT2D eigenvalue weighted by molar-refractivity contribution is 0.230. The fourth-order valence-electron chi connectivity index (χ4n) is 1.64. The van der Waals surface area contributed by atoms with Crippen molar-refractivity contribution in [1.29, 1.82) is 0 Å². The molecule has 1 aliphatic rings. The fourth-order valence-corrected chi connectivity index (χ4v) is 1.64. The number of alkyl halides is 1. The first-order valence-electron chi connectivity index (χ1n) is 4.73. The van der Waals surface area contributed by atoms with Crippen LogP contribution in [-0.2, 0) is 0 Å². The lowest BCUT2D eigenvalue weighted by Crippen LogP contribution is -2.16. The molecule has 0 aromatic rings. The third-order valence-corrected chi connectivity index (χ3v) is 2.40. The lowest BCUT2D eigenvalue weighted by Gasteiger charge is -2.24. The van der Waals surface area contributed by atoms with Crippen molar-refractivity contribution in [1.82, 2.24) is 0 Å². The van der Waals surface area contributed by atoms with Crippen LogP contribution in [-0.4, -0.2) is 6.17 Å². The van der Waals surface area contributed by atoms with Crippen LogP contribution >= 0.6 is 0 Å². The van der Waals surface area contributed by atoms with E-state index < -0.39 is 6.17 Å². The SMILES string of the molecule is CC1(C)CCCCC#CC(F)C1. The van der Waals surface area contributed by atoms with Gasteiger partial charge in [-0.05, 0) is 24.7 Å². The summed E-state index contributed by atoms with van der Waals surface area (Å²) in [5.41, 5.74) is 0.137. The summed E-state index contributed by atoms with van der Waals surface area (Å²) in [5, 5.41) is 0. The molecule has 0 aromatic carbocycles. The van der Waals surface area contributed by atoms with E-state index in [1.165, 1.54) is 6.42 Å². The molecule has 0 fully saturated rings. The van der Waals surface area contributed by atoms with Gasteiger partial charge >= 0.3 is 0 Å². The van der Waals surface area contributed by atoms with Crippen molar-refractivity contribution in [3.05, 3.63) is 0 Å². The molecule has 0 saturated heterocycles. The number of hydrogen-bond donors (Lipinski definition) is 0. The first-order valence-corrected chi connectivity index (χ1v) is 4.73. The lowest BCUT2D eigenvalue weighted by atomic mass is 9.82. The molecule has 68 valence electrons. The van der Waals surface area contributed by atoms with Crippen LogP contribution in [0.25, 0.3) is 0 Å². The van der Waals surface area contributed by atoms with Crippen LogP contribution in [0.15, 0.2) is 0 Å². The first-order chi connectivity index (χ1) is 5.60. The van der Waals surface area contributed by atoms with Crippen molar-refractivity contribution in [3.63, 3.8) is 0 Å². The van der Waals surface area contributed by atoms with Gasteiger partial charge in [0.25, 0.3) is 0 Å². The summed E-state index contributed by atoms with van der Waals surface area (Å²) in [6, 6.07) is 0. The van der Waals surface area contributed by atoms with Gasteiger partial charge in [-0.2, -0.15) is 0 Å². The highest BCUT2D eigenvalue weighted by Crippen LogP contribution is 2.30. The number of hydrogen-bond acceptors (Lipinski definition) is 0. The molecule has 1 aliphatic carbocycles. The van der Waals surface area contributed by atoms with E-state index in [1.54, 1.807) is 0 Å². The summed E-state index contributed by atoms with van der Waals surface area (Å²) in [6.45, 7) is 4.26. The zero-order valence-electron chi connectivity index (χ0n) is 7.99. The molecular weight excluding hydrogens is 151 g/mol. The van der Waals surface area contributed by atoms with Crippen LogP contribution in [0, 0.1) is 17.3 Å². The maximum Gasteiger partial charge on any atom is 0.161 e. The van der Waals surface area contributed by atoms with Gasteiger partial charge < -0.3 is 0 Å². The van der Waals surface area contributed by atoms with Crippen molar-refractivity contribution in [2.45, 2.75) is 52.1 Å². The molecule has 1 rings (SSSR count). The van der Waals surface area contributed by atoms with Gasteiger partial charge in [-0.25, -0.2) is 4.39 Å². The topological polar surface area (TPSA) is 0 Å². The van der Waals surface area contributed by atoms with Gasteiger partial charge in [-0.15, -0.1) is 5.92 Å². The Balaban J connectivity index is 2.57. The second-order valence-electron chi connectivity index (χ2n) is 4.36. The minimum atomic E-state index is -0.905. The molecule has 0 bridgehead atoms. The fraction of sp³-hybridized carbons (Fsp3) is 0.818. The Morgan fingerprint density at radius 2 is 2.08 bits per heavy atom. The van der Waals surface area contributed by atoms with Gasteiger partial charge in [0.2, 0.25) is 0 Å². The van der Waals surface area contributed by atoms with E-state index in [4.69, 9.17) is 0 Å². The van der Waals surface area contributed by atoms with Crippen molar-refractivity contribution in [2.75, 3.05) is 0 Å². The molecule has 0 aromatic heterocycles. The summed E-state index contributed by atoms with van der Waals surface area (Å²) < 4.78 is 13.1. The summed E-state index contributed by atoms with van der Waals surface area (Å²) in [6.07, 6.45) is 4.00. The van der Waals surface area contributed by atoms with Crippen LogP contribution < -0.4 is 0 Å². The zero-order chi connectivity index (χ0) is 9.03. The van der Waals surface area contributed by atoms with Crippen LogP contribution in [0.2, 0.25) is 0 Å². The maximum atomic E-state index is 13.1. The normalized spacial score (nSPS) is 29.1. The Morgan fingerprint density at radius 1 is 1.33 bits per heavy atom. The average molecular weight is 168 g/mol. The standard InChI is InChI=1S/C11H17F/c1-11(2)8-6-4-3-5-7-10(12)9-11/h10H,3-4,6,8-9H2,1-2H3. The summed E-state index contributed by atoms with van der Waals surface area (Å²) >= 11 is 0. The molecule has 0 spiro atoms. The summed E-state index contributed by atoms with van der Waals surface area (Å²) in [5.74, 6) is 5.55. The van der Waals surface area contributed by atoms with E-state index in [9.17, 15) is 4.39 Å². The molecule has 0 N–H and O–H groups in total. The van der Waals surface area contributed by atoms with Gasteiger partial charge in [0.05, 0.1) is 0 Å². The van der Waals surface area contributed by atoms with E-state index in [0.717, 1.165) is 19.3 Å². The molecular formula is C11H17F. The largest absolute Gasteiger partial charge is 0.233 e. The number of rotatable bonds is 0. The van der Waals surface area contributed by atoms with E-state index in [1.807, 2.05) is 0 Å². The molecule has 0 amide bonds. The van der Waals surface area contributed by atoms with Crippen molar-refractivity contribution >= 4 is 0 Å².